The first-order valence-electron chi connectivity index (χ1n) is 5.68. The molecule has 0 radical (unpaired) electrons. The third-order valence-corrected chi connectivity index (χ3v) is 2.83. The van der Waals surface area contributed by atoms with Crippen LogP contribution in [0, 0.1) is 0 Å². The second-order valence-corrected chi connectivity index (χ2v) is 4.26. The van der Waals surface area contributed by atoms with Crippen LogP contribution in [0.3, 0.4) is 0 Å². The monoisotopic (exact) mass is 285 g/mol. The van der Waals surface area contributed by atoms with E-state index in [4.69, 9.17) is 16.3 Å². The van der Waals surface area contributed by atoms with Crippen molar-refractivity contribution in [2.75, 3.05) is 20.8 Å². The van der Waals surface area contributed by atoms with Gasteiger partial charge in [0.25, 0.3) is 0 Å². The smallest absolute Gasteiger partial charge is 0.307 e. The van der Waals surface area contributed by atoms with Gasteiger partial charge in [-0.2, -0.15) is 0 Å². The van der Waals surface area contributed by atoms with Gasteiger partial charge in [-0.05, 0) is 11.6 Å². The van der Waals surface area contributed by atoms with Crippen molar-refractivity contribution in [3.8, 4) is 0 Å². The minimum absolute atomic E-state index is 0.00961. The Hall–Kier alpha value is -1.59. The maximum atomic E-state index is 11.6. The lowest BCUT2D eigenvalue weighted by Gasteiger charge is -2.19. The number of halogens is 1. The fourth-order valence-corrected chi connectivity index (χ4v) is 1.88. The van der Waals surface area contributed by atoms with E-state index in [1.54, 1.807) is 24.3 Å². The second kappa shape index (κ2) is 7.76. The van der Waals surface area contributed by atoms with Gasteiger partial charge in [0.2, 0.25) is 5.91 Å². The summed E-state index contributed by atoms with van der Waals surface area (Å²) in [6.07, 6.45) is 0.00961. The molecule has 1 aromatic carbocycles. The number of methoxy groups -OCH3 is 2. The van der Waals surface area contributed by atoms with E-state index in [2.05, 4.69) is 10.1 Å². The molecule has 6 heteroatoms. The van der Waals surface area contributed by atoms with Crippen LogP contribution in [0.1, 0.15) is 18.0 Å². The average molecular weight is 286 g/mol. The molecule has 0 saturated carbocycles. The Morgan fingerprint density at radius 3 is 2.58 bits per heavy atom. The fraction of sp³-hybridized carbons (Fsp3) is 0.385. The number of amides is 1. The molecule has 104 valence electrons. The van der Waals surface area contributed by atoms with Gasteiger partial charge in [-0.3, -0.25) is 9.59 Å². The molecular weight excluding hydrogens is 270 g/mol. The molecule has 0 aliphatic rings. The van der Waals surface area contributed by atoms with Crippen molar-refractivity contribution in [1.82, 2.24) is 5.32 Å². The van der Waals surface area contributed by atoms with Crippen LogP contribution in [0.5, 0.6) is 0 Å². The van der Waals surface area contributed by atoms with Crippen LogP contribution in [0.15, 0.2) is 24.3 Å². The Morgan fingerprint density at radius 2 is 2.00 bits per heavy atom. The summed E-state index contributed by atoms with van der Waals surface area (Å²) in [7, 11) is 2.72. The number of hydrogen-bond acceptors (Lipinski definition) is 4. The van der Waals surface area contributed by atoms with Crippen LogP contribution in [0.2, 0.25) is 5.02 Å². The molecule has 0 bridgehead atoms. The van der Waals surface area contributed by atoms with Crippen LogP contribution in [-0.2, 0) is 19.1 Å². The first-order valence-corrected chi connectivity index (χ1v) is 6.05. The van der Waals surface area contributed by atoms with Gasteiger partial charge >= 0.3 is 5.97 Å². The van der Waals surface area contributed by atoms with Gasteiger partial charge in [-0.25, -0.2) is 0 Å². The minimum Gasteiger partial charge on any atom is -0.469 e. The van der Waals surface area contributed by atoms with E-state index in [0.717, 1.165) is 0 Å². The summed E-state index contributed by atoms with van der Waals surface area (Å²) >= 11 is 6.07. The minimum atomic E-state index is -0.538. The van der Waals surface area contributed by atoms with Gasteiger partial charge in [-0.15, -0.1) is 0 Å². The molecule has 1 aromatic rings. The van der Waals surface area contributed by atoms with Gasteiger partial charge in [0.1, 0.15) is 6.61 Å². The number of esters is 1. The Labute approximate surface area is 116 Å². The lowest BCUT2D eigenvalue weighted by atomic mass is 10.0. The summed E-state index contributed by atoms with van der Waals surface area (Å²) in [4.78, 5) is 23.0. The van der Waals surface area contributed by atoms with E-state index < -0.39 is 12.0 Å². The summed E-state index contributed by atoms with van der Waals surface area (Å²) in [6, 6.07) is 6.47. The zero-order valence-corrected chi connectivity index (χ0v) is 11.6. The van der Waals surface area contributed by atoms with Crippen molar-refractivity contribution >= 4 is 23.5 Å². The molecule has 0 fully saturated rings. The number of nitrogens with one attached hydrogen (secondary N) is 1. The second-order valence-electron chi connectivity index (χ2n) is 3.85. The fourth-order valence-electron chi connectivity index (χ4n) is 1.61. The molecule has 0 aliphatic heterocycles. The highest BCUT2D eigenvalue weighted by atomic mass is 35.5. The molecule has 19 heavy (non-hydrogen) atoms. The van der Waals surface area contributed by atoms with E-state index in [1.165, 1.54) is 14.2 Å². The van der Waals surface area contributed by atoms with Crippen LogP contribution < -0.4 is 5.32 Å². The molecule has 0 spiro atoms. The number of rotatable bonds is 6. The lowest BCUT2D eigenvalue weighted by Crippen LogP contribution is -2.33. The molecule has 1 rings (SSSR count). The van der Waals surface area contributed by atoms with Crippen LogP contribution >= 0.6 is 11.6 Å². The zero-order valence-electron chi connectivity index (χ0n) is 10.8. The summed E-state index contributed by atoms with van der Waals surface area (Å²) in [5.41, 5.74) is 0.666. The largest absolute Gasteiger partial charge is 0.469 e. The van der Waals surface area contributed by atoms with Crippen molar-refractivity contribution < 1.29 is 19.1 Å². The molecular formula is C13H16ClNO4. The normalized spacial score (nSPS) is 11.7. The molecule has 5 nitrogen and oxygen atoms in total. The average Bonchev–Trinajstić information content (AvgIpc) is 2.38. The van der Waals surface area contributed by atoms with Crippen molar-refractivity contribution in [1.29, 1.82) is 0 Å². The van der Waals surface area contributed by atoms with E-state index in [9.17, 15) is 9.59 Å². The quantitative estimate of drug-likeness (QED) is 0.808. The Kier molecular flexibility index (Phi) is 6.32. The maximum absolute atomic E-state index is 11.6. The molecule has 0 saturated heterocycles. The van der Waals surface area contributed by atoms with Crippen LogP contribution in [0.25, 0.3) is 0 Å². The van der Waals surface area contributed by atoms with Crippen LogP contribution in [0.4, 0.5) is 0 Å². The van der Waals surface area contributed by atoms with E-state index in [1.807, 2.05) is 0 Å². The summed E-state index contributed by atoms with van der Waals surface area (Å²) in [5, 5.41) is 3.17. The van der Waals surface area contributed by atoms with Gasteiger partial charge in [0.15, 0.2) is 0 Å². The molecule has 0 unspecified atom stereocenters. The lowest BCUT2D eigenvalue weighted by molar-refractivity contribution is -0.141. The van der Waals surface area contributed by atoms with E-state index in [0.29, 0.717) is 10.6 Å². The maximum Gasteiger partial charge on any atom is 0.307 e. The molecule has 0 aromatic heterocycles. The third kappa shape index (κ3) is 4.89. The highest BCUT2D eigenvalue weighted by Crippen LogP contribution is 2.25. The number of carbonyl (C=O) groups excluding carboxylic acids is 2. The molecule has 0 aliphatic carbocycles. The molecule has 0 heterocycles. The summed E-state index contributed by atoms with van der Waals surface area (Å²) in [5.74, 6) is -0.751. The van der Waals surface area contributed by atoms with E-state index >= 15 is 0 Å². The molecule has 1 N–H and O–H groups in total. The first kappa shape index (κ1) is 15.5. The van der Waals surface area contributed by atoms with Crippen molar-refractivity contribution in [3.63, 3.8) is 0 Å². The zero-order chi connectivity index (χ0) is 14.3. The SMILES string of the molecule is COCC(=O)N[C@H](CC(=O)OC)c1ccccc1Cl. The van der Waals surface area contributed by atoms with Gasteiger partial charge < -0.3 is 14.8 Å². The van der Waals surface area contributed by atoms with Crippen LogP contribution in [-0.4, -0.2) is 32.7 Å². The Balaban J connectivity index is 2.89. The topological polar surface area (TPSA) is 64.6 Å². The third-order valence-electron chi connectivity index (χ3n) is 2.49. The van der Waals surface area contributed by atoms with E-state index in [-0.39, 0.29) is 18.9 Å². The van der Waals surface area contributed by atoms with Gasteiger partial charge in [-0.1, -0.05) is 29.8 Å². The Bertz CT molecular complexity index is 450. The number of carbonyl (C=O) groups is 2. The summed E-state index contributed by atoms with van der Waals surface area (Å²) < 4.78 is 9.36. The first-order chi connectivity index (χ1) is 9.08. The highest BCUT2D eigenvalue weighted by Gasteiger charge is 2.20. The van der Waals surface area contributed by atoms with Crippen molar-refractivity contribution in [3.05, 3.63) is 34.9 Å². The van der Waals surface area contributed by atoms with Gasteiger partial charge in [0.05, 0.1) is 19.6 Å². The molecule has 1 atom stereocenters. The molecule has 1 amide bonds. The van der Waals surface area contributed by atoms with Crippen molar-refractivity contribution in [2.24, 2.45) is 0 Å². The number of benzene rings is 1. The number of ether oxygens (including phenoxy) is 2. The standard InChI is InChI=1S/C13H16ClNO4/c1-18-8-12(16)15-11(7-13(17)19-2)9-5-3-4-6-10(9)14/h3-6,11H,7-8H2,1-2H3,(H,15,16)/t11-/m1/s1. The van der Waals surface area contributed by atoms with Gasteiger partial charge in [0, 0.05) is 12.1 Å². The number of hydrogen-bond donors (Lipinski definition) is 1. The predicted octanol–water partition coefficient (Wildman–Crippen LogP) is 1.71. The summed E-state index contributed by atoms with van der Waals surface area (Å²) in [6.45, 7) is -0.0812. The Morgan fingerprint density at radius 1 is 1.32 bits per heavy atom. The highest BCUT2D eigenvalue weighted by molar-refractivity contribution is 6.31. The predicted molar refractivity (Wildman–Crippen MR) is 70.8 cm³/mol. The van der Waals surface area contributed by atoms with Crippen molar-refractivity contribution in [2.45, 2.75) is 12.5 Å².